The Kier molecular flexibility index (Phi) is 3.97. The molecule has 3 N–H and O–H groups in total. The first kappa shape index (κ1) is 15.5. The zero-order chi connectivity index (χ0) is 15.9. The van der Waals surface area contributed by atoms with Gasteiger partial charge in [-0.05, 0) is 38.8 Å². The third-order valence-electron chi connectivity index (χ3n) is 3.91. The van der Waals surface area contributed by atoms with E-state index in [1.165, 1.54) is 0 Å². The van der Waals surface area contributed by atoms with Crippen LogP contribution in [0.25, 0.3) is 10.6 Å². The number of carbonyl (C=O) groups is 1. The molecule has 22 heavy (non-hydrogen) atoms. The van der Waals surface area contributed by atoms with Crippen molar-refractivity contribution < 1.29 is 4.79 Å². The summed E-state index contributed by atoms with van der Waals surface area (Å²) in [6, 6.07) is 7.51. The van der Waals surface area contributed by atoms with Gasteiger partial charge in [0, 0.05) is 10.6 Å². The summed E-state index contributed by atoms with van der Waals surface area (Å²) in [7, 11) is 0. The van der Waals surface area contributed by atoms with Gasteiger partial charge in [-0.15, -0.1) is 11.3 Å². The lowest BCUT2D eigenvalue weighted by Gasteiger charge is -2.16. The van der Waals surface area contributed by atoms with Gasteiger partial charge in [0.2, 0.25) is 5.91 Å². The molecule has 116 valence electrons. The Hall–Kier alpha value is -1.43. The number of nitrogens with zero attached hydrogens (tertiary/aromatic N) is 1. The summed E-state index contributed by atoms with van der Waals surface area (Å²) in [6.45, 7) is 3.93. The van der Waals surface area contributed by atoms with Gasteiger partial charge in [0.15, 0.2) is 0 Å². The van der Waals surface area contributed by atoms with Gasteiger partial charge in [-0.1, -0.05) is 23.7 Å². The van der Waals surface area contributed by atoms with Crippen molar-refractivity contribution in [1.29, 1.82) is 0 Å². The van der Waals surface area contributed by atoms with Gasteiger partial charge < -0.3 is 11.1 Å². The number of hydrogen-bond acceptors (Lipinski definition) is 4. The van der Waals surface area contributed by atoms with Crippen molar-refractivity contribution in [2.45, 2.75) is 38.3 Å². The van der Waals surface area contributed by atoms with Crippen LogP contribution in [0.1, 0.15) is 36.4 Å². The van der Waals surface area contributed by atoms with Crippen LogP contribution in [0.3, 0.4) is 0 Å². The number of amides is 1. The summed E-state index contributed by atoms with van der Waals surface area (Å²) in [6.07, 6.45) is 1.53. The smallest absolute Gasteiger partial charge is 0.240 e. The molecule has 4 nitrogen and oxygen atoms in total. The lowest BCUT2D eigenvalue weighted by Crippen LogP contribution is -2.43. The maximum Gasteiger partial charge on any atom is 0.240 e. The third-order valence-corrected chi connectivity index (χ3v) is 5.55. The molecule has 1 amide bonds. The number of aryl methyl sites for hydroxylation is 1. The Morgan fingerprint density at radius 1 is 1.41 bits per heavy atom. The number of thiazole rings is 1. The molecule has 1 aromatic heterocycles. The van der Waals surface area contributed by atoms with Crippen LogP contribution in [-0.4, -0.2) is 16.4 Å². The number of rotatable bonds is 4. The number of nitrogens with two attached hydrogens (primary N) is 1. The number of hydrogen-bond donors (Lipinski definition) is 2. The predicted molar refractivity (Wildman–Crippen MR) is 90.0 cm³/mol. The van der Waals surface area contributed by atoms with Crippen LogP contribution in [0.5, 0.6) is 0 Å². The highest BCUT2D eigenvalue weighted by atomic mass is 35.5. The predicted octanol–water partition coefficient (Wildman–Crippen LogP) is 3.44. The molecule has 0 radical (unpaired) electrons. The van der Waals surface area contributed by atoms with E-state index in [1.54, 1.807) is 11.3 Å². The van der Waals surface area contributed by atoms with Gasteiger partial charge in [0.1, 0.15) is 5.01 Å². The lowest BCUT2D eigenvalue weighted by molar-refractivity contribution is -0.123. The fourth-order valence-electron chi connectivity index (χ4n) is 2.29. The van der Waals surface area contributed by atoms with E-state index in [-0.39, 0.29) is 11.9 Å². The second-order valence-corrected chi connectivity index (χ2v) is 7.29. The van der Waals surface area contributed by atoms with Gasteiger partial charge in [-0.3, -0.25) is 4.79 Å². The number of benzene rings is 1. The van der Waals surface area contributed by atoms with Crippen molar-refractivity contribution in [2.24, 2.45) is 5.73 Å². The van der Waals surface area contributed by atoms with Crippen LogP contribution in [0.15, 0.2) is 24.3 Å². The highest BCUT2D eigenvalue weighted by Crippen LogP contribution is 2.35. The van der Waals surface area contributed by atoms with Gasteiger partial charge in [-0.2, -0.15) is 0 Å². The van der Waals surface area contributed by atoms with Gasteiger partial charge in [0.25, 0.3) is 0 Å². The molecule has 1 saturated carbocycles. The highest BCUT2D eigenvalue weighted by Gasteiger charge is 2.46. The Bertz CT molecular complexity index is 707. The normalized spacial score (nSPS) is 17.1. The molecule has 2 aromatic rings. The average molecular weight is 336 g/mol. The molecule has 1 unspecified atom stereocenters. The molecule has 0 saturated heterocycles. The van der Waals surface area contributed by atoms with E-state index in [0.29, 0.717) is 5.02 Å². The van der Waals surface area contributed by atoms with Gasteiger partial charge in [0.05, 0.1) is 22.2 Å². The van der Waals surface area contributed by atoms with E-state index in [9.17, 15) is 4.79 Å². The van der Waals surface area contributed by atoms with Gasteiger partial charge >= 0.3 is 0 Å². The Balaban J connectivity index is 1.79. The van der Waals surface area contributed by atoms with E-state index in [2.05, 4.69) is 10.3 Å². The Morgan fingerprint density at radius 2 is 2.05 bits per heavy atom. The summed E-state index contributed by atoms with van der Waals surface area (Å²) in [5, 5.41) is 4.63. The monoisotopic (exact) mass is 335 g/mol. The van der Waals surface area contributed by atoms with E-state index in [0.717, 1.165) is 34.0 Å². The molecule has 1 atom stereocenters. The Labute approximate surface area is 138 Å². The fourth-order valence-corrected chi connectivity index (χ4v) is 3.49. The van der Waals surface area contributed by atoms with Crippen molar-refractivity contribution in [1.82, 2.24) is 10.3 Å². The molecule has 6 heteroatoms. The van der Waals surface area contributed by atoms with E-state index in [4.69, 9.17) is 17.3 Å². The van der Waals surface area contributed by atoms with E-state index < -0.39 is 5.54 Å². The summed E-state index contributed by atoms with van der Waals surface area (Å²) < 4.78 is 0. The van der Waals surface area contributed by atoms with Crippen LogP contribution in [-0.2, 0) is 4.79 Å². The van der Waals surface area contributed by atoms with Crippen LogP contribution in [0, 0.1) is 6.92 Å². The molecule has 3 rings (SSSR count). The van der Waals surface area contributed by atoms with Crippen molar-refractivity contribution in [3.63, 3.8) is 0 Å². The maximum absolute atomic E-state index is 12.1. The largest absolute Gasteiger partial charge is 0.347 e. The number of halogens is 1. The maximum atomic E-state index is 12.1. The Morgan fingerprint density at radius 3 is 2.64 bits per heavy atom. The summed E-state index contributed by atoms with van der Waals surface area (Å²) >= 11 is 7.51. The molecule has 1 aliphatic carbocycles. The molecule has 0 aliphatic heterocycles. The number of aromatic nitrogens is 1. The number of carbonyl (C=O) groups excluding carboxylic acids is 1. The fraction of sp³-hybridized carbons (Fsp3) is 0.375. The quantitative estimate of drug-likeness (QED) is 0.899. The lowest BCUT2D eigenvalue weighted by atomic mass is 10.2. The van der Waals surface area contributed by atoms with Crippen LogP contribution < -0.4 is 11.1 Å². The van der Waals surface area contributed by atoms with Crippen molar-refractivity contribution in [3.8, 4) is 10.6 Å². The molecular weight excluding hydrogens is 318 g/mol. The minimum Gasteiger partial charge on any atom is -0.347 e. The molecule has 1 heterocycles. The number of nitrogens with one attached hydrogen (secondary N) is 1. The van der Waals surface area contributed by atoms with Crippen LogP contribution in [0.4, 0.5) is 0 Å². The minimum atomic E-state index is -0.647. The molecule has 0 spiro atoms. The first-order valence-corrected chi connectivity index (χ1v) is 8.41. The highest BCUT2D eigenvalue weighted by molar-refractivity contribution is 7.15. The summed E-state index contributed by atoms with van der Waals surface area (Å²) in [5.41, 5.74) is 7.24. The molecule has 1 aromatic carbocycles. The average Bonchev–Trinajstić information content (AvgIpc) is 3.11. The zero-order valence-electron chi connectivity index (χ0n) is 12.5. The molecule has 0 bridgehead atoms. The first-order chi connectivity index (χ1) is 10.4. The van der Waals surface area contributed by atoms with Crippen molar-refractivity contribution in [3.05, 3.63) is 39.9 Å². The topological polar surface area (TPSA) is 68.0 Å². The molecule has 1 fully saturated rings. The van der Waals surface area contributed by atoms with Crippen LogP contribution >= 0.6 is 22.9 Å². The van der Waals surface area contributed by atoms with E-state index in [1.807, 2.05) is 38.1 Å². The SMILES string of the molecule is Cc1nc(-c2ccc(Cl)cc2)sc1C(C)NC(=O)C1(N)CC1. The van der Waals surface area contributed by atoms with Gasteiger partial charge in [-0.25, -0.2) is 4.98 Å². The summed E-state index contributed by atoms with van der Waals surface area (Å²) in [4.78, 5) is 17.7. The van der Waals surface area contributed by atoms with Crippen molar-refractivity contribution >= 4 is 28.8 Å². The second-order valence-electron chi connectivity index (χ2n) is 5.83. The summed E-state index contributed by atoms with van der Waals surface area (Å²) in [5.74, 6) is -0.0687. The standard InChI is InChI=1S/C16H18ClN3OS/c1-9-13(10(2)20-15(21)16(18)7-8-16)22-14(19-9)11-3-5-12(17)6-4-11/h3-6,10H,7-8,18H2,1-2H3,(H,20,21). The third kappa shape index (κ3) is 3.02. The van der Waals surface area contributed by atoms with E-state index >= 15 is 0 Å². The second kappa shape index (κ2) is 5.65. The zero-order valence-corrected chi connectivity index (χ0v) is 14.1. The molecular formula is C16H18ClN3OS. The molecule has 1 aliphatic rings. The van der Waals surface area contributed by atoms with Crippen molar-refractivity contribution in [2.75, 3.05) is 0 Å². The minimum absolute atomic E-state index is 0.0687. The first-order valence-electron chi connectivity index (χ1n) is 7.22. The van der Waals surface area contributed by atoms with Crippen LogP contribution in [0.2, 0.25) is 5.02 Å².